The van der Waals surface area contributed by atoms with E-state index in [1.165, 1.54) is 28.6 Å². The summed E-state index contributed by atoms with van der Waals surface area (Å²) in [6, 6.07) is 2.96. The largest absolute Gasteiger partial charge is 0.313 e. The highest BCUT2D eigenvalue weighted by atomic mass is 79.9. The van der Waals surface area contributed by atoms with Crippen molar-refractivity contribution < 1.29 is 0 Å². The van der Waals surface area contributed by atoms with Crippen molar-refractivity contribution in [3.05, 3.63) is 20.8 Å². The highest BCUT2D eigenvalue weighted by molar-refractivity contribution is 9.10. The van der Waals surface area contributed by atoms with Gasteiger partial charge in [0.25, 0.3) is 0 Å². The minimum atomic E-state index is 0.695. The molecule has 1 heterocycles. The minimum Gasteiger partial charge on any atom is -0.313 e. The molecule has 1 aromatic heterocycles. The van der Waals surface area contributed by atoms with E-state index in [-0.39, 0.29) is 0 Å². The first-order valence-corrected chi connectivity index (χ1v) is 7.84. The summed E-state index contributed by atoms with van der Waals surface area (Å²) in [6.07, 6.45) is 3.84. The van der Waals surface area contributed by atoms with Gasteiger partial charge in [-0.25, -0.2) is 0 Å². The van der Waals surface area contributed by atoms with Gasteiger partial charge in [-0.2, -0.15) is 0 Å². The highest BCUT2D eigenvalue weighted by Crippen LogP contribution is 2.42. The summed E-state index contributed by atoms with van der Waals surface area (Å²) < 4.78 is 1.23. The molecule has 0 aromatic carbocycles. The van der Waals surface area contributed by atoms with Crippen LogP contribution in [0.25, 0.3) is 0 Å². The lowest BCUT2D eigenvalue weighted by molar-refractivity contribution is 0.446. The highest BCUT2D eigenvalue weighted by Gasteiger charge is 2.39. The SMILES string of the molecule is CCCNC(Cc1cc(Br)cs1)C1CC1C. The van der Waals surface area contributed by atoms with Gasteiger partial charge in [0.1, 0.15) is 0 Å². The normalized spacial score (nSPS) is 25.7. The molecule has 0 spiro atoms. The number of rotatable bonds is 6. The van der Waals surface area contributed by atoms with E-state index in [0.29, 0.717) is 6.04 Å². The molecule has 16 heavy (non-hydrogen) atoms. The van der Waals surface area contributed by atoms with Crippen molar-refractivity contribution in [1.82, 2.24) is 5.32 Å². The van der Waals surface area contributed by atoms with Crippen LogP contribution in [-0.4, -0.2) is 12.6 Å². The quantitative estimate of drug-likeness (QED) is 0.835. The molecular formula is C13H20BrNS. The lowest BCUT2D eigenvalue weighted by Gasteiger charge is -2.17. The molecule has 2 rings (SSSR count). The molecule has 1 aliphatic carbocycles. The zero-order valence-corrected chi connectivity index (χ0v) is 12.4. The third kappa shape index (κ3) is 3.31. The molecule has 1 nitrogen and oxygen atoms in total. The maximum Gasteiger partial charge on any atom is 0.0285 e. The fraction of sp³-hybridized carbons (Fsp3) is 0.692. The summed E-state index contributed by atoms with van der Waals surface area (Å²) >= 11 is 5.40. The zero-order chi connectivity index (χ0) is 11.5. The summed E-state index contributed by atoms with van der Waals surface area (Å²) in [6.45, 7) is 5.76. The first kappa shape index (κ1) is 12.6. The van der Waals surface area contributed by atoms with E-state index < -0.39 is 0 Å². The van der Waals surface area contributed by atoms with Crippen molar-refractivity contribution in [2.24, 2.45) is 11.8 Å². The molecule has 0 aliphatic heterocycles. The topological polar surface area (TPSA) is 12.0 Å². The molecule has 1 N–H and O–H groups in total. The second-order valence-corrected chi connectivity index (χ2v) is 6.78. The van der Waals surface area contributed by atoms with Crippen molar-refractivity contribution >= 4 is 27.3 Å². The average Bonchev–Trinajstić information content (AvgIpc) is 2.83. The molecular weight excluding hydrogens is 282 g/mol. The van der Waals surface area contributed by atoms with Crippen LogP contribution in [-0.2, 0) is 6.42 Å². The third-order valence-electron chi connectivity index (χ3n) is 3.39. The second-order valence-electron chi connectivity index (χ2n) is 4.87. The zero-order valence-electron chi connectivity index (χ0n) is 10.0. The Morgan fingerprint density at radius 1 is 1.62 bits per heavy atom. The average molecular weight is 302 g/mol. The number of nitrogens with one attached hydrogen (secondary N) is 1. The Labute approximate surface area is 111 Å². The first-order valence-electron chi connectivity index (χ1n) is 6.17. The molecule has 1 fully saturated rings. The molecule has 1 aromatic rings. The first-order chi connectivity index (χ1) is 7.70. The molecule has 3 unspecified atom stereocenters. The fourth-order valence-corrected chi connectivity index (χ4v) is 3.80. The predicted octanol–water partition coefficient (Wildman–Crippen LogP) is 4.08. The monoisotopic (exact) mass is 301 g/mol. The summed E-state index contributed by atoms with van der Waals surface area (Å²) in [4.78, 5) is 1.50. The Kier molecular flexibility index (Phi) is 4.45. The maximum absolute atomic E-state index is 3.71. The number of halogens is 1. The van der Waals surface area contributed by atoms with Gasteiger partial charge in [0, 0.05) is 20.8 Å². The van der Waals surface area contributed by atoms with Gasteiger partial charge in [-0.1, -0.05) is 13.8 Å². The van der Waals surface area contributed by atoms with E-state index in [9.17, 15) is 0 Å². The van der Waals surface area contributed by atoms with Crippen LogP contribution >= 0.6 is 27.3 Å². The van der Waals surface area contributed by atoms with Crippen molar-refractivity contribution in [2.75, 3.05) is 6.54 Å². The van der Waals surface area contributed by atoms with E-state index in [2.05, 4.69) is 46.5 Å². The Morgan fingerprint density at radius 3 is 2.88 bits per heavy atom. The van der Waals surface area contributed by atoms with Gasteiger partial charge in [0.2, 0.25) is 0 Å². The van der Waals surface area contributed by atoms with Gasteiger partial charge in [0.15, 0.2) is 0 Å². The van der Waals surface area contributed by atoms with E-state index in [0.717, 1.165) is 18.4 Å². The molecule has 0 amide bonds. The lowest BCUT2D eigenvalue weighted by atomic mass is 10.1. The Balaban J connectivity index is 1.91. The molecule has 1 saturated carbocycles. The van der Waals surface area contributed by atoms with E-state index in [1.54, 1.807) is 0 Å². The van der Waals surface area contributed by atoms with Crippen LogP contribution < -0.4 is 5.32 Å². The second kappa shape index (κ2) is 5.65. The summed E-state index contributed by atoms with van der Waals surface area (Å²) in [7, 11) is 0. The van der Waals surface area contributed by atoms with Gasteiger partial charge in [-0.05, 0) is 59.6 Å². The van der Waals surface area contributed by atoms with Gasteiger partial charge < -0.3 is 5.32 Å². The van der Waals surface area contributed by atoms with Gasteiger partial charge in [-0.3, -0.25) is 0 Å². The molecule has 0 bridgehead atoms. The molecule has 90 valence electrons. The Hall–Kier alpha value is 0.140. The van der Waals surface area contributed by atoms with Gasteiger partial charge in [0.05, 0.1) is 0 Å². The fourth-order valence-electron chi connectivity index (χ4n) is 2.29. The van der Waals surface area contributed by atoms with Crippen LogP contribution in [0.2, 0.25) is 0 Å². The van der Waals surface area contributed by atoms with E-state index >= 15 is 0 Å². The van der Waals surface area contributed by atoms with Gasteiger partial charge in [-0.15, -0.1) is 11.3 Å². The van der Waals surface area contributed by atoms with Crippen LogP contribution in [0.15, 0.2) is 15.9 Å². The third-order valence-corrected chi connectivity index (χ3v) is 5.11. The minimum absolute atomic E-state index is 0.695. The summed E-state index contributed by atoms with van der Waals surface area (Å²) in [5.41, 5.74) is 0. The number of hydrogen-bond donors (Lipinski definition) is 1. The van der Waals surface area contributed by atoms with Crippen LogP contribution in [0.4, 0.5) is 0 Å². The standard InChI is InChI=1S/C13H20BrNS/c1-3-4-15-13(12-5-9(12)2)7-11-6-10(14)8-16-11/h6,8-9,12-13,15H,3-5,7H2,1-2H3. The van der Waals surface area contributed by atoms with Crippen molar-refractivity contribution in [3.63, 3.8) is 0 Å². The lowest BCUT2D eigenvalue weighted by Crippen LogP contribution is -2.34. The molecule has 3 heteroatoms. The van der Waals surface area contributed by atoms with Crippen molar-refractivity contribution in [1.29, 1.82) is 0 Å². The van der Waals surface area contributed by atoms with E-state index in [1.807, 2.05) is 11.3 Å². The van der Waals surface area contributed by atoms with E-state index in [4.69, 9.17) is 0 Å². The van der Waals surface area contributed by atoms with Crippen molar-refractivity contribution in [2.45, 2.75) is 39.2 Å². The number of hydrogen-bond acceptors (Lipinski definition) is 2. The molecule has 0 radical (unpaired) electrons. The van der Waals surface area contributed by atoms with Crippen LogP contribution in [0.5, 0.6) is 0 Å². The summed E-state index contributed by atoms with van der Waals surface area (Å²) in [5.74, 6) is 1.84. The predicted molar refractivity (Wildman–Crippen MR) is 75.1 cm³/mol. The van der Waals surface area contributed by atoms with Crippen LogP contribution in [0, 0.1) is 11.8 Å². The van der Waals surface area contributed by atoms with Crippen LogP contribution in [0.3, 0.4) is 0 Å². The summed E-state index contributed by atoms with van der Waals surface area (Å²) in [5, 5.41) is 5.89. The van der Waals surface area contributed by atoms with Gasteiger partial charge >= 0.3 is 0 Å². The van der Waals surface area contributed by atoms with Crippen molar-refractivity contribution in [3.8, 4) is 0 Å². The smallest absolute Gasteiger partial charge is 0.0285 e. The number of thiophene rings is 1. The Morgan fingerprint density at radius 2 is 2.38 bits per heavy atom. The Bertz CT molecular complexity index is 336. The molecule has 0 saturated heterocycles. The molecule has 1 aliphatic rings. The van der Waals surface area contributed by atoms with Crippen LogP contribution in [0.1, 0.15) is 31.6 Å². The molecule has 3 atom stereocenters. The maximum atomic E-state index is 3.71.